The number of carbonyl (C=O) groups excluding carboxylic acids is 2. The van der Waals surface area contributed by atoms with Crippen molar-refractivity contribution in [3.05, 3.63) is 42.2 Å². The van der Waals surface area contributed by atoms with Crippen molar-refractivity contribution in [3.8, 4) is 5.69 Å². The Labute approximate surface area is 143 Å². The molecule has 24 heavy (non-hydrogen) atoms. The average molecular weight is 348 g/mol. The number of hydrogen-bond donors (Lipinski definition) is 1. The number of thioether (sulfide) groups is 1. The molecule has 2 aromatic rings. The fourth-order valence-corrected chi connectivity index (χ4v) is 3.38. The number of imidazole rings is 1. The Kier molecular flexibility index (Phi) is 4.84. The third-order valence-electron chi connectivity index (χ3n) is 3.77. The maximum absolute atomic E-state index is 13.6. The summed E-state index contributed by atoms with van der Waals surface area (Å²) in [6.07, 6.45) is 3.56. The molecule has 1 N–H and O–H groups in total. The summed E-state index contributed by atoms with van der Waals surface area (Å²) in [4.78, 5) is 29.5. The second kappa shape index (κ2) is 7.04. The molecule has 126 valence electrons. The molecule has 1 aromatic heterocycles. The Morgan fingerprint density at radius 1 is 1.46 bits per heavy atom. The van der Waals surface area contributed by atoms with Crippen LogP contribution in [0.15, 0.2) is 30.6 Å². The van der Waals surface area contributed by atoms with E-state index in [1.54, 1.807) is 27.9 Å². The first-order valence-electron chi connectivity index (χ1n) is 7.56. The van der Waals surface area contributed by atoms with Crippen molar-refractivity contribution >= 4 is 28.6 Å². The van der Waals surface area contributed by atoms with E-state index in [0.29, 0.717) is 24.5 Å². The van der Waals surface area contributed by atoms with Gasteiger partial charge in [0.25, 0.3) is 5.24 Å². The summed E-state index contributed by atoms with van der Waals surface area (Å²) in [5.74, 6) is 0.799. The molecule has 1 aliphatic rings. The first-order valence-corrected chi connectivity index (χ1v) is 8.54. The molecule has 0 aliphatic carbocycles. The number of rotatable bonds is 5. The number of aryl methyl sites for hydroxylation is 1. The van der Waals surface area contributed by atoms with Gasteiger partial charge in [-0.15, -0.1) is 0 Å². The zero-order valence-corrected chi connectivity index (χ0v) is 14.0. The van der Waals surface area contributed by atoms with Gasteiger partial charge in [-0.2, -0.15) is 0 Å². The van der Waals surface area contributed by atoms with Gasteiger partial charge in [-0.05, 0) is 25.1 Å². The van der Waals surface area contributed by atoms with Crippen molar-refractivity contribution in [2.75, 3.05) is 24.2 Å². The number of aromatic nitrogens is 2. The molecule has 1 aromatic carbocycles. The summed E-state index contributed by atoms with van der Waals surface area (Å²) < 4.78 is 15.4. The maximum atomic E-state index is 13.6. The lowest BCUT2D eigenvalue weighted by atomic mass is 10.2. The molecule has 0 radical (unpaired) electrons. The lowest BCUT2D eigenvalue weighted by Crippen LogP contribution is -2.28. The second-order valence-electron chi connectivity index (χ2n) is 5.41. The lowest BCUT2D eigenvalue weighted by Gasteiger charge is -2.16. The fraction of sp³-hybridized carbons (Fsp3) is 0.312. The summed E-state index contributed by atoms with van der Waals surface area (Å²) in [5, 5.41) is 2.74. The van der Waals surface area contributed by atoms with Gasteiger partial charge in [0.2, 0.25) is 5.91 Å². The molecule has 0 spiro atoms. The third-order valence-corrected chi connectivity index (χ3v) is 4.66. The Morgan fingerprint density at radius 3 is 2.96 bits per heavy atom. The molecule has 1 fully saturated rings. The number of amides is 2. The molecule has 2 heterocycles. The van der Waals surface area contributed by atoms with Gasteiger partial charge in [-0.3, -0.25) is 9.59 Å². The number of nitrogens with one attached hydrogen (secondary N) is 1. The van der Waals surface area contributed by atoms with Crippen molar-refractivity contribution in [2.24, 2.45) is 0 Å². The van der Waals surface area contributed by atoms with Crippen LogP contribution in [-0.2, 0) is 4.79 Å². The molecule has 1 aliphatic heterocycles. The first kappa shape index (κ1) is 16.5. The van der Waals surface area contributed by atoms with Gasteiger partial charge in [0.15, 0.2) is 0 Å². The fourth-order valence-electron chi connectivity index (χ4n) is 2.53. The molecular formula is C16H17FN4O2S. The summed E-state index contributed by atoms with van der Waals surface area (Å²) in [6, 6.07) is 4.22. The number of carbonyl (C=O) groups is 2. The van der Waals surface area contributed by atoms with Crippen LogP contribution in [0.25, 0.3) is 5.69 Å². The molecular weight excluding hydrogens is 331 g/mol. The molecule has 0 atom stereocenters. The van der Waals surface area contributed by atoms with Gasteiger partial charge in [0.1, 0.15) is 11.6 Å². The quantitative estimate of drug-likeness (QED) is 0.902. The highest BCUT2D eigenvalue weighted by molar-refractivity contribution is 8.13. The highest BCUT2D eigenvalue weighted by Gasteiger charge is 2.21. The number of hydrogen-bond acceptors (Lipinski definition) is 4. The zero-order chi connectivity index (χ0) is 17.1. The molecule has 6 nitrogen and oxygen atoms in total. The predicted octanol–water partition coefficient (Wildman–Crippen LogP) is 2.82. The van der Waals surface area contributed by atoms with Crippen LogP contribution < -0.4 is 5.32 Å². The minimum absolute atomic E-state index is 0.00304. The van der Waals surface area contributed by atoms with Crippen LogP contribution in [-0.4, -0.2) is 44.4 Å². The molecule has 0 bridgehead atoms. The van der Waals surface area contributed by atoms with E-state index >= 15 is 0 Å². The minimum atomic E-state index is -0.432. The van der Waals surface area contributed by atoms with Crippen molar-refractivity contribution < 1.29 is 14.0 Å². The van der Waals surface area contributed by atoms with Gasteiger partial charge in [0, 0.05) is 37.7 Å². The van der Waals surface area contributed by atoms with Crippen LogP contribution in [0.3, 0.4) is 0 Å². The van der Waals surface area contributed by atoms with Gasteiger partial charge < -0.3 is 14.8 Å². The Balaban J connectivity index is 1.72. The third kappa shape index (κ3) is 3.59. The molecule has 3 rings (SSSR count). The van der Waals surface area contributed by atoms with E-state index < -0.39 is 5.82 Å². The maximum Gasteiger partial charge on any atom is 0.281 e. The number of nitrogens with zero attached hydrogens (tertiary/aromatic N) is 3. The SMILES string of the molecule is Cc1nccn1-c1ccc(F)cc1NC(=O)CCN1CCSC1=O. The first-order chi connectivity index (χ1) is 11.5. The summed E-state index contributed by atoms with van der Waals surface area (Å²) in [7, 11) is 0. The van der Waals surface area contributed by atoms with Crippen LogP contribution in [0.2, 0.25) is 0 Å². The van der Waals surface area contributed by atoms with Gasteiger partial charge >= 0.3 is 0 Å². The van der Waals surface area contributed by atoms with Crippen LogP contribution in [0, 0.1) is 12.7 Å². The van der Waals surface area contributed by atoms with Gasteiger partial charge in [-0.1, -0.05) is 11.8 Å². The lowest BCUT2D eigenvalue weighted by molar-refractivity contribution is -0.116. The van der Waals surface area contributed by atoms with E-state index in [0.717, 1.165) is 11.6 Å². The molecule has 1 saturated heterocycles. The van der Waals surface area contributed by atoms with Crippen molar-refractivity contribution in [2.45, 2.75) is 13.3 Å². The smallest absolute Gasteiger partial charge is 0.281 e. The summed E-state index contributed by atoms with van der Waals surface area (Å²) in [5.41, 5.74) is 1.02. The molecule has 2 amide bonds. The normalized spacial score (nSPS) is 14.2. The Hall–Kier alpha value is -2.35. The van der Waals surface area contributed by atoms with E-state index in [-0.39, 0.29) is 17.6 Å². The second-order valence-corrected chi connectivity index (χ2v) is 6.45. The highest BCUT2D eigenvalue weighted by atomic mass is 32.2. The number of halogens is 1. The van der Waals surface area contributed by atoms with E-state index in [1.165, 1.54) is 23.9 Å². The molecule has 0 unspecified atom stereocenters. The average Bonchev–Trinajstić information content (AvgIpc) is 3.14. The standard InChI is InChI=1S/C16H17FN4O2S/c1-11-18-5-7-21(11)14-3-2-12(17)10-13(14)19-15(22)4-6-20-8-9-24-16(20)23/h2-3,5,7,10H,4,6,8-9H2,1H3,(H,19,22). The van der Waals surface area contributed by atoms with Crippen LogP contribution in [0.1, 0.15) is 12.2 Å². The van der Waals surface area contributed by atoms with E-state index in [2.05, 4.69) is 10.3 Å². The number of benzene rings is 1. The Bertz CT molecular complexity index is 777. The largest absolute Gasteiger partial charge is 0.332 e. The zero-order valence-electron chi connectivity index (χ0n) is 13.2. The summed E-state index contributed by atoms with van der Waals surface area (Å²) >= 11 is 1.26. The van der Waals surface area contributed by atoms with E-state index in [4.69, 9.17) is 0 Å². The van der Waals surface area contributed by atoms with Crippen LogP contribution in [0.5, 0.6) is 0 Å². The van der Waals surface area contributed by atoms with Crippen molar-refractivity contribution in [1.29, 1.82) is 0 Å². The van der Waals surface area contributed by atoms with Crippen molar-refractivity contribution in [3.63, 3.8) is 0 Å². The predicted molar refractivity (Wildman–Crippen MR) is 90.9 cm³/mol. The molecule has 0 saturated carbocycles. The van der Waals surface area contributed by atoms with Gasteiger partial charge in [0.05, 0.1) is 11.4 Å². The van der Waals surface area contributed by atoms with Gasteiger partial charge in [-0.25, -0.2) is 9.37 Å². The molecule has 8 heteroatoms. The minimum Gasteiger partial charge on any atom is -0.332 e. The van der Waals surface area contributed by atoms with Crippen LogP contribution >= 0.6 is 11.8 Å². The van der Waals surface area contributed by atoms with Crippen LogP contribution in [0.4, 0.5) is 14.9 Å². The summed E-state index contributed by atoms with van der Waals surface area (Å²) in [6.45, 7) is 2.86. The van der Waals surface area contributed by atoms with Crippen molar-refractivity contribution in [1.82, 2.24) is 14.5 Å². The number of anilines is 1. The Morgan fingerprint density at radius 2 is 2.29 bits per heavy atom. The van der Waals surface area contributed by atoms with E-state index in [9.17, 15) is 14.0 Å². The monoisotopic (exact) mass is 348 g/mol. The topological polar surface area (TPSA) is 67.2 Å². The van der Waals surface area contributed by atoms with E-state index in [1.807, 2.05) is 6.92 Å². The highest BCUT2D eigenvalue weighted by Crippen LogP contribution is 2.23.